The quantitative estimate of drug-likeness (QED) is 0.812. The van der Waals surface area contributed by atoms with Crippen molar-refractivity contribution in [3.63, 3.8) is 0 Å². The van der Waals surface area contributed by atoms with Gasteiger partial charge in [-0.3, -0.25) is 0 Å². The van der Waals surface area contributed by atoms with Crippen LogP contribution in [-0.4, -0.2) is 43.6 Å². The van der Waals surface area contributed by atoms with Gasteiger partial charge in [0.25, 0.3) is 0 Å². The van der Waals surface area contributed by atoms with Crippen molar-refractivity contribution in [3.8, 4) is 0 Å². The predicted molar refractivity (Wildman–Crippen MR) is 93.8 cm³/mol. The second-order valence-electron chi connectivity index (χ2n) is 7.13. The van der Waals surface area contributed by atoms with Crippen molar-refractivity contribution in [1.82, 2.24) is 5.32 Å². The van der Waals surface area contributed by atoms with E-state index in [0.717, 1.165) is 44.3 Å². The van der Waals surface area contributed by atoms with E-state index in [1.807, 2.05) is 17.0 Å². The van der Waals surface area contributed by atoms with Crippen LogP contribution in [-0.2, 0) is 11.3 Å². The van der Waals surface area contributed by atoms with Crippen LogP contribution >= 0.6 is 0 Å². The summed E-state index contributed by atoms with van der Waals surface area (Å²) in [6.07, 6.45) is 6.36. The van der Waals surface area contributed by atoms with Gasteiger partial charge in [-0.25, -0.2) is 4.39 Å². The van der Waals surface area contributed by atoms with Gasteiger partial charge in [-0.1, -0.05) is 31.7 Å². The lowest BCUT2D eigenvalue weighted by Crippen LogP contribution is -2.40. The van der Waals surface area contributed by atoms with Crippen LogP contribution < -0.4 is 10.2 Å². The summed E-state index contributed by atoms with van der Waals surface area (Å²) in [6, 6.07) is 5.44. The summed E-state index contributed by atoms with van der Waals surface area (Å²) in [6.45, 7) is 3.95. The minimum Gasteiger partial charge on any atom is -0.389 e. The fraction of sp³-hybridized carbons (Fsp3) is 0.684. The van der Waals surface area contributed by atoms with Gasteiger partial charge in [-0.05, 0) is 30.5 Å². The van der Waals surface area contributed by atoms with Crippen LogP contribution in [0.15, 0.2) is 18.2 Å². The summed E-state index contributed by atoms with van der Waals surface area (Å²) in [7, 11) is 0. The molecule has 1 aliphatic heterocycles. The molecule has 0 aromatic heterocycles. The van der Waals surface area contributed by atoms with Crippen LogP contribution in [0.3, 0.4) is 0 Å². The number of nitrogens with one attached hydrogen (secondary N) is 1. The average molecular weight is 336 g/mol. The Labute approximate surface area is 144 Å². The van der Waals surface area contributed by atoms with Crippen molar-refractivity contribution in [2.24, 2.45) is 0 Å². The minimum atomic E-state index is -0.594. The third kappa shape index (κ3) is 4.68. The standard InChI is InChI=1S/C19H29FN2O2/c20-17-13-16(5-6-18(17)22-9-11-24-12-10-22)14-21-15-19(23)7-3-1-2-4-8-19/h5-6,13,21,23H,1-4,7-12,14-15H2. The van der Waals surface area contributed by atoms with Crippen LogP contribution in [0.4, 0.5) is 10.1 Å². The minimum absolute atomic E-state index is 0.177. The largest absolute Gasteiger partial charge is 0.389 e. The SMILES string of the molecule is OC1(CNCc2ccc(N3CCOCC3)c(F)c2)CCCCCC1. The second-order valence-corrected chi connectivity index (χ2v) is 7.13. The lowest BCUT2D eigenvalue weighted by molar-refractivity contribution is 0.0250. The number of morpholine rings is 1. The third-order valence-electron chi connectivity index (χ3n) is 5.18. The average Bonchev–Trinajstić information content (AvgIpc) is 2.81. The highest BCUT2D eigenvalue weighted by Crippen LogP contribution is 2.26. The van der Waals surface area contributed by atoms with Crippen LogP contribution in [0.25, 0.3) is 0 Å². The van der Waals surface area contributed by atoms with E-state index in [4.69, 9.17) is 4.74 Å². The summed E-state index contributed by atoms with van der Waals surface area (Å²) < 4.78 is 19.7. The van der Waals surface area contributed by atoms with Crippen molar-refractivity contribution in [1.29, 1.82) is 0 Å². The second kappa shape index (κ2) is 8.28. The number of hydrogen-bond donors (Lipinski definition) is 2. The summed E-state index contributed by atoms with van der Waals surface area (Å²) in [5, 5.41) is 14.0. The topological polar surface area (TPSA) is 44.7 Å². The molecule has 3 rings (SSSR count). The van der Waals surface area contributed by atoms with Crippen LogP contribution in [0.5, 0.6) is 0 Å². The van der Waals surface area contributed by atoms with E-state index < -0.39 is 5.60 Å². The summed E-state index contributed by atoms with van der Waals surface area (Å²) >= 11 is 0. The van der Waals surface area contributed by atoms with E-state index in [-0.39, 0.29) is 5.82 Å². The highest BCUT2D eigenvalue weighted by Gasteiger charge is 2.27. The molecule has 0 atom stereocenters. The number of ether oxygens (including phenoxy) is 1. The molecule has 4 nitrogen and oxygen atoms in total. The van der Waals surface area contributed by atoms with Gasteiger partial charge >= 0.3 is 0 Å². The Morgan fingerprint density at radius 3 is 2.50 bits per heavy atom. The van der Waals surface area contributed by atoms with Gasteiger partial charge < -0.3 is 20.1 Å². The van der Waals surface area contributed by atoms with Crippen LogP contribution in [0.2, 0.25) is 0 Å². The number of aliphatic hydroxyl groups is 1. The van der Waals surface area contributed by atoms with Crippen molar-refractivity contribution in [2.45, 2.75) is 50.7 Å². The highest BCUT2D eigenvalue weighted by atomic mass is 19.1. The zero-order chi connectivity index (χ0) is 16.8. The molecule has 0 unspecified atom stereocenters. The first-order valence-corrected chi connectivity index (χ1v) is 9.21. The molecule has 134 valence electrons. The molecule has 0 spiro atoms. The molecule has 1 heterocycles. The van der Waals surface area contributed by atoms with Gasteiger partial charge in [-0.15, -0.1) is 0 Å². The number of hydrogen-bond acceptors (Lipinski definition) is 4. The first-order chi connectivity index (χ1) is 11.7. The smallest absolute Gasteiger partial charge is 0.146 e. The van der Waals surface area contributed by atoms with Gasteiger partial charge in [0.2, 0.25) is 0 Å². The summed E-state index contributed by atoms with van der Waals surface area (Å²) in [5.41, 5.74) is 0.981. The Hall–Kier alpha value is -1.17. The Kier molecular flexibility index (Phi) is 6.09. The molecule has 2 fully saturated rings. The molecular formula is C19H29FN2O2. The summed E-state index contributed by atoms with van der Waals surface area (Å²) in [4.78, 5) is 2.03. The van der Waals surface area contributed by atoms with E-state index in [1.54, 1.807) is 6.07 Å². The number of halogens is 1. The van der Waals surface area contributed by atoms with Crippen molar-refractivity contribution in [3.05, 3.63) is 29.6 Å². The molecule has 2 N–H and O–H groups in total. The molecule has 1 saturated heterocycles. The third-order valence-corrected chi connectivity index (χ3v) is 5.18. The molecule has 0 amide bonds. The first kappa shape index (κ1) is 17.6. The maximum atomic E-state index is 14.4. The van der Waals surface area contributed by atoms with Crippen molar-refractivity contribution in [2.75, 3.05) is 37.7 Å². The lowest BCUT2D eigenvalue weighted by Gasteiger charge is -2.29. The van der Waals surface area contributed by atoms with E-state index in [9.17, 15) is 9.50 Å². The fourth-order valence-electron chi connectivity index (χ4n) is 3.72. The van der Waals surface area contributed by atoms with E-state index in [0.29, 0.717) is 32.0 Å². The van der Waals surface area contributed by atoms with E-state index in [1.165, 1.54) is 12.8 Å². The Morgan fingerprint density at radius 2 is 1.83 bits per heavy atom. The molecule has 0 radical (unpaired) electrons. The molecule has 5 heteroatoms. The maximum absolute atomic E-state index is 14.4. The van der Waals surface area contributed by atoms with Gasteiger partial charge in [0.15, 0.2) is 0 Å². The highest BCUT2D eigenvalue weighted by molar-refractivity contribution is 5.49. The maximum Gasteiger partial charge on any atom is 0.146 e. The molecule has 1 aromatic rings. The fourth-order valence-corrected chi connectivity index (χ4v) is 3.72. The molecule has 1 aliphatic carbocycles. The number of benzene rings is 1. The van der Waals surface area contributed by atoms with Gasteiger partial charge in [0.05, 0.1) is 24.5 Å². The molecular weight excluding hydrogens is 307 g/mol. The van der Waals surface area contributed by atoms with Gasteiger partial charge in [0, 0.05) is 26.2 Å². The molecule has 1 saturated carbocycles. The zero-order valence-electron chi connectivity index (χ0n) is 14.4. The molecule has 24 heavy (non-hydrogen) atoms. The predicted octanol–water partition coefficient (Wildman–Crippen LogP) is 2.84. The van der Waals surface area contributed by atoms with Crippen molar-refractivity contribution < 1.29 is 14.2 Å². The van der Waals surface area contributed by atoms with Crippen molar-refractivity contribution >= 4 is 5.69 Å². The van der Waals surface area contributed by atoms with E-state index in [2.05, 4.69) is 5.32 Å². The Bertz CT molecular complexity index is 524. The number of anilines is 1. The Morgan fingerprint density at radius 1 is 1.12 bits per heavy atom. The first-order valence-electron chi connectivity index (χ1n) is 9.21. The number of rotatable bonds is 5. The van der Waals surface area contributed by atoms with E-state index >= 15 is 0 Å². The zero-order valence-corrected chi connectivity index (χ0v) is 14.4. The number of nitrogens with zero attached hydrogens (tertiary/aromatic N) is 1. The molecule has 0 bridgehead atoms. The molecule has 2 aliphatic rings. The monoisotopic (exact) mass is 336 g/mol. The molecule has 1 aromatic carbocycles. The van der Waals surface area contributed by atoms with Gasteiger partial charge in [-0.2, -0.15) is 0 Å². The Balaban J connectivity index is 1.53. The lowest BCUT2D eigenvalue weighted by atomic mass is 9.94. The normalized spacial score (nSPS) is 21.5. The van der Waals surface area contributed by atoms with Crippen LogP contribution in [0.1, 0.15) is 44.1 Å². The van der Waals surface area contributed by atoms with Gasteiger partial charge in [0.1, 0.15) is 5.82 Å². The summed E-state index contributed by atoms with van der Waals surface area (Å²) in [5.74, 6) is -0.177. The van der Waals surface area contributed by atoms with Crippen LogP contribution in [0, 0.1) is 5.82 Å².